The molecule has 0 unspecified atom stereocenters. The van der Waals surface area contributed by atoms with Gasteiger partial charge in [0, 0.05) is 45.5 Å². The normalized spacial score (nSPS) is 14.3. The zero-order valence-electron chi connectivity index (χ0n) is 16.7. The van der Waals surface area contributed by atoms with E-state index in [-0.39, 0.29) is 5.91 Å². The van der Waals surface area contributed by atoms with Crippen LogP contribution in [0.4, 0.5) is 11.4 Å². The van der Waals surface area contributed by atoms with Crippen molar-refractivity contribution in [2.24, 2.45) is 0 Å². The summed E-state index contributed by atoms with van der Waals surface area (Å²) in [5, 5.41) is 0. The maximum absolute atomic E-state index is 12.4. The standard InChI is InChI=1S/C22H30N4O/c1-4-5-11-24(3)22(27)21-10-9-20(17-23-21)26-14-12-25(13-15-26)19-8-6-7-18(2)16-19/h6-10,16-17H,4-5,11-15H2,1-3H3. The molecular formula is C22H30N4O. The number of aromatic nitrogens is 1. The highest BCUT2D eigenvalue weighted by molar-refractivity contribution is 5.92. The summed E-state index contributed by atoms with van der Waals surface area (Å²) in [4.78, 5) is 23.4. The van der Waals surface area contributed by atoms with Gasteiger partial charge in [0.1, 0.15) is 5.69 Å². The molecule has 1 amide bonds. The lowest BCUT2D eigenvalue weighted by molar-refractivity contribution is 0.0787. The Balaban J connectivity index is 1.58. The van der Waals surface area contributed by atoms with E-state index in [0.717, 1.165) is 51.3 Å². The van der Waals surface area contributed by atoms with Gasteiger partial charge in [0.2, 0.25) is 0 Å². The van der Waals surface area contributed by atoms with E-state index in [1.165, 1.54) is 11.3 Å². The van der Waals surface area contributed by atoms with Crippen LogP contribution >= 0.6 is 0 Å². The molecule has 1 aromatic heterocycles. The van der Waals surface area contributed by atoms with Gasteiger partial charge in [0.15, 0.2) is 0 Å². The molecule has 5 nitrogen and oxygen atoms in total. The largest absolute Gasteiger partial charge is 0.368 e. The van der Waals surface area contributed by atoms with Crippen molar-refractivity contribution in [3.05, 3.63) is 53.9 Å². The van der Waals surface area contributed by atoms with E-state index in [4.69, 9.17) is 0 Å². The fourth-order valence-electron chi connectivity index (χ4n) is 3.44. The minimum atomic E-state index is -0.000679. The number of unbranched alkanes of at least 4 members (excludes halogenated alkanes) is 1. The number of nitrogens with zero attached hydrogens (tertiary/aromatic N) is 4. The number of hydrogen-bond donors (Lipinski definition) is 0. The summed E-state index contributed by atoms with van der Waals surface area (Å²) < 4.78 is 0. The van der Waals surface area contributed by atoms with Gasteiger partial charge in [-0.05, 0) is 43.2 Å². The van der Waals surface area contributed by atoms with E-state index in [2.05, 4.69) is 52.9 Å². The van der Waals surface area contributed by atoms with Gasteiger partial charge in [0.05, 0.1) is 11.9 Å². The first-order chi connectivity index (χ1) is 13.1. The molecule has 0 radical (unpaired) electrons. The first kappa shape index (κ1) is 19.2. The molecule has 2 aromatic rings. The van der Waals surface area contributed by atoms with Gasteiger partial charge in [0.25, 0.3) is 5.91 Å². The van der Waals surface area contributed by atoms with Crippen LogP contribution in [0.5, 0.6) is 0 Å². The lowest BCUT2D eigenvalue weighted by atomic mass is 10.2. The number of pyridine rings is 1. The quantitative estimate of drug-likeness (QED) is 0.783. The fourth-order valence-corrected chi connectivity index (χ4v) is 3.44. The van der Waals surface area contributed by atoms with Crippen molar-refractivity contribution in [1.82, 2.24) is 9.88 Å². The molecule has 2 heterocycles. The first-order valence-electron chi connectivity index (χ1n) is 9.86. The van der Waals surface area contributed by atoms with Crippen molar-refractivity contribution < 1.29 is 4.79 Å². The van der Waals surface area contributed by atoms with Crippen LogP contribution in [-0.4, -0.2) is 55.6 Å². The molecule has 0 bridgehead atoms. The maximum atomic E-state index is 12.4. The predicted octanol–water partition coefficient (Wildman–Crippen LogP) is 3.59. The van der Waals surface area contributed by atoms with Gasteiger partial charge >= 0.3 is 0 Å². The third kappa shape index (κ3) is 4.79. The molecular weight excluding hydrogens is 336 g/mol. The van der Waals surface area contributed by atoms with Crippen LogP contribution in [-0.2, 0) is 0 Å². The molecule has 1 aliphatic heterocycles. The number of rotatable bonds is 6. The van der Waals surface area contributed by atoms with E-state index in [1.807, 2.05) is 25.4 Å². The van der Waals surface area contributed by atoms with Crippen LogP contribution < -0.4 is 9.80 Å². The molecule has 1 aromatic carbocycles. The zero-order chi connectivity index (χ0) is 19.2. The van der Waals surface area contributed by atoms with Crippen LogP contribution in [0, 0.1) is 6.92 Å². The Kier molecular flexibility index (Phi) is 6.32. The number of aryl methyl sites for hydroxylation is 1. The average Bonchev–Trinajstić information content (AvgIpc) is 2.71. The number of anilines is 2. The minimum Gasteiger partial charge on any atom is -0.368 e. The van der Waals surface area contributed by atoms with E-state index < -0.39 is 0 Å². The van der Waals surface area contributed by atoms with Crippen LogP contribution in [0.15, 0.2) is 42.6 Å². The Hall–Kier alpha value is -2.56. The highest BCUT2D eigenvalue weighted by Gasteiger charge is 2.19. The number of hydrogen-bond acceptors (Lipinski definition) is 4. The molecule has 5 heteroatoms. The Morgan fingerprint density at radius 3 is 2.37 bits per heavy atom. The number of carbonyl (C=O) groups is 1. The lowest BCUT2D eigenvalue weighted by Crippen LogP contribution is -2.46. The van der Waals surface area contributed by atoms with Crippen LogP contribution in [0.25, 0.3) is 0 Å². The van der Waals surface area contributed by atoms with E-state index in [1.54, 1.807) is 4.90 Å². The first-order valence-corrected chi connectivity index (χ1v) is 9.86. The Bertz CT molecular complexity index is 751. The smallest absolute Gasteiger partial charge is 0.272 e. The molecule has 1 saturated heterocycles. The van der Waals surface area contributed by atoms with Gasteiger partial charge in [-0.2, -0.15) is 0 Å². The molecule has 144 valence electrons. The summed E-state index contributed by atoms with van der Waals surface area (Å²) in [5.41, 5.74) is 4.20. The predicted molar refractivity (Wildman–Crippen MR) is 112 cm³/mol. The van der Waals surface area contributed by atoms with Crippen molar-refractivity contribution in [2.75, 3.05) is 49.6 Å². The molecule has 0 saturated carbocycles. The van der Waals surface area contributed by atoms with Crippen LogP contribution in [0.2, 0.25) is 0 Å². The zero-order valence-corrected chi connectivity index (χ0v) is 16.7. The van der Waals surface area contributed by atoms with Crippen molar-refractivity contribution >= 4 is 17.3 Å². The lowest BCUT2D eigenvalue weighted by Gasteiger charge is -2.37. The summed E-state index contributed by atoms with van der Waals surface area (Å²) in [7, 11) is 1.85. The number of amides is 1. The maximum Gasteiger partial charge on any atom is 0.272 e. The third-order valence-corrected chi connectivity index (χ3v) is 5.17. The number of benzene rings is 1. The summed E-state index contributed by atoms with van der Waals surface area (Å²) in [6, 6.07) is 12.6. The minimum absolute atomic E-state index is 0.000679. The average molecular weight is 367 g/mol. The number of carbonyl (C=O) groups excluding carboxylic acids is 1. The van der Waals surface area contributed by atoms with Gasteiger partial charge < -0.3 is 14.7 Å². The monoisotopic (exact) mass is 366 g/mol. The SMILES string of the molecule is CCCCN(C)C(=O)c1ccc(N2CCN(c3cccc(C)c3)CC2)cn1. The van der Waals surface area contributed by atoms with Crippen molar-refractivity contribution in [3.63, 3.8) is 0 Å². The van der Waals surface area contributed by atoms with Gasteiger partial charge in [-0.15, -0.1) is 0 Å². The second-order valence-corrected chi connectivity index (χ2v) is 7.29. The Morgan fingerprint density at radius 2 is 1.78 bits per heavy atom. The highest BCUT2D eigenvalue weighted by atomic mass is 16.2. The van der Waals surface area contributed by atoms with Gasteiger partial charge in [-0.3, -0.25) is 4.79 Å². The summed E-state index contributed by atoms with van der Waals surface area (Å²) in [5.74, 6) is -0.000679. The van der Waals surface area contributed by atoms with Gasteiger partial charge in [-0.25, -0.2) is 4.98 Å². The van der Waals surface area contributed by atoms with Gasteiger partial charge in [-0.1, -0.05) is 25.5 Å². The van der Waals surface area contributed by atoms with E-state index in [9.17, 15) is 4.79 Å². The second-order valence-electron chi connectivity index (χ2n) is 7.29. The molecule has 1 fully saturated rings. The molecule has 27 heavy (non-hydrogen) atoms. The van der Waals surface area contributed by atoms with Crippen LogP contribution in [0.3, 0.4) is 0 Å². The summed E-state index contributed by atoms with van der Waals surface area (Å²) >= 11 is 0. The molecule has 0 N–H and O–H groups in total. The van der Waals surface area contributed by atoms with Crippen molar-refractivity contribution in [1.29, 1.82) is 0 Å². The Labute approximate surface area is 162 Å². The summed E-state index contributed by atoms with van der Waals surface area (Å²) in [6.07, 6.45) is 3.94. The van der Waals surface area contributed by atoms with E-state index in [0.29, 0.717) is 5.69 Å². The molecule has 0 aliphatic carbocycles. The van der Waals surface area contributed by atoms with Crippen molar-refractivity contribution in [3.8, 4) is 0 Å². The fraction of sp³-hybridized carbons (Fsp3) is 0.455. The Morgan fingerprint density at radius 1 is 1.07 bits per heavy atom. The highest BCUT2D eigenvalue weighted by Crippen LogP contribution is 2.21. The van der Waals surface area contributed by atoms with Crippen LogP contribution in [0.1, 0.15) is 35.8 Å². The second kappa shape index (κ2) is 8.89. The number of piperazine rings is 1. The van der Waals surface area contributed by atoms with Crippen molar-refractivity contribution in [2.45, 2.75) is 26.7 Å². The molecule has 3 rings (SSSR count). The molecule has 1 aliphatic rings. The third-order valence-electron chi connectivity index (χ3n) is 5.17. The van der Waals surface area contributed by atoms with E-state index >= 15 is 0 Å². The topological polar surface area (TPSA) is 39.7 Å². The summed E-state index contributed by atoms with van der Waals surface area (Å²) in [6.45, 7) is 8.93. The molecule has 0 atom stereocenters. The molecule has 0 spiro atoms.